The molecule has 0 spiro atoms. The van der Waals surface area contributed by atoms with Crippen molar-refractivity contribution < 1.29 is 38.5 Å². The fraction of sp³-hybridized carbons (Fsp3) is 0.339. The molecule has 374 valence electrons. The summed E-state index contributed by atoms with van der Waals surface area (Å²) in [4.78, 5) is 62.8. The number of aryl methyl sites for hydroxylation is 1. The zero-order valence-electron chi connectivity index (χ0n) is 41.1. The summed E-state index contributed by atoms with van der Waals surface area (Å²) in [7, 11) is 0. The van der Waals surface area contributed by atoms with Gasteiger partial charge in [-0.15, -0.1) is 10.2 Å². The van der Waals surface area contributed by atoms with E-state index in [4.69, 9.17) is 14.5 Å². The quantitative estimate of drug-likeness (QED) is 0.106. The number of cyclic esters (lactones) is 1. The number of piperazine rings is 1. The molecule has 3 aromatic heterocycles. The molecule has 0 bridgehead atoms. The second-order valence-corrected chi connectivity index (χ2v) is 19.9. The first kappa shape index (κ1) is 47.4. The van der Waals surface area contributed by atoms with Crippen LogP contribution in [0.25, 0.3) is 39.4 Å². The minimum Gasteiger partial charge on any atom is -0.508 e. The van der Waals surface area contributed by atoms with Gasteiger partial charge in [0.15, 0.2) is 5.82 Å². The number of amides is 2. The molecular formula is C56H55FN8O8. The van der Waals surface area contributed by atoms with Crippen molar-refractivity contribution in [3.8, 4) is 40.0 Å². The molecular weight excluding hydrogens is 932 g/mol. The van der Waals surface area contributed by atoms with E-state index in [1.165, 1.54) is 12.1 Å². The van der Waals surface area contributed by atoms with Crippen LogP contribution in [0, 0.1) is 12.7 Å². The van der Waals surface area contributed by atoms with Gasteiger partial charge >= 0.3 is 12.1 Å². The van der Waals surface area contributed by atoms with Gasteiger partial charge in [-0.2, -0.15) is 0 Å². The number of phenols is 2. The molecule has 0 radical (unpaired) electrons. The maximum absolute atomic E-state index is 15.4. The largest absolute Gasteiger partial charge is 0.508 e. The van der Waals surface area contributed by atoms with Crippen molar-refractivity contribution >= 4 is 28.9 Å². The molecule has 17 heteroatoms. The van der Waals surface area contributed by atoms with Crippen LogP contribution < -0.4 is 10.9 Å². The van der Waals surface area contributed by atoms with Crippen LogP contribution in [-0.2, 0) is 58.2 Å². The summed E-state index contributed by atoms with van der Waals surface area (Å²) in [6.07, 6.45) is 2.68. The standard InChI is InChI=1S/C56H55FN8O8/c1-5-36-39-22-46-52-41(26-64(46)54(69)42(39)28-72-55(36)70)51-44(15-14-37-31(4)43(57)23-45(59-52)50(37)51)60-56(71)73-27-34-8-6-32(7-9-34)20-49(68)63-18-16-62(17-19-63)25-33-10-12-35(13-11-33)65-29-58-61-53(65)40-21-38(30(2)3)47(66)24-48(40)67/h6-13,21-24,29-30,36,44,66-67H,5,14-20,25-28H2,1-4H3,(H,60,71). The van der Waals surface area contributed by atoms with E-state index in [0.717, 1.165) is 64.1 Å². The Kier molecular flexibility index (Phi) is 12.3. The monoisotopic (exact) mass is 986 g/mol. The van der Waals surface area contributed by atoms with Crippen molar-refractivity contribution in [2.45, 2.75) is 97.6 Å². The number of pyridine rings is 2. The maximum atomic E-state index is 15.4. The van der Waals surface area contributed by atoms with E-state index >= 15 is 4.39 Å². The van der Waals surface area contributed by atoms with Crippen molar-refractivity contribution in [2.24, 2.45) is 0 Å². The number of halogens is 1. The number of fused-ring (bicyclic) bond motifs is 5. The highest BCUT2D eigenvalue weighted by molar-refractivity contribution is 5.93. The van der Waals surface area contributed by atoms with Gasteiger partial charge in [0, 0.05) is 61.5 Å². The van der Waals surface area contributed by atoms with Gasteiger partial charge in [0.05, 0.1) is 53.0 Å². The average Bonchev–Trinajstić information content (AvgIpc) is 4.02. The average molecular weight is 987 g/mol. The van der Waals surface area contributed by atoms with Gasteiger partial charge in [-0.3, -0.25) is 23.9 Å². The molecule has 6 heterocycles. The van der Waals surface area contributed by atoms with Gasteiger partial charge in [-0.1, -0.05) is 57.2 Å². The minimum atomic E-state index is -0.624. The second-order valence-electron chi connectivity index (χ2n) is 19.9. The number of carbonyl (C=O) groups is 3. The number of rotatable bonds is 11. The lowest BCUT2D eigenvalue weighted by molar-refractivity contribution is -0.148. The Morgan fingerprint density at radius 1 is 0.918 bits per heavy atom. The third-order valence-corrected chi connectivity index (χ3v) is 15.1. The fourth-order valence-corrected chi connectivity index (χ4v) is 11.1. The van der Waals surface area contributed by atoms with Gasteiger partial charge in [-0.05, 0) is 101 Å². The molecule has 4 aromatic carbocycles. The summed E-state index contributed by atoms with van der Waals surface area (Å²) in [6.45, 7) is 11.1. The first-order valence-electron chi connectivity index (χ1n) is 24.9. The lowest BCUT2D eigenvalue weighted by Gasteiger charge is -2.35. The molecule has 1 aliphatic carbocycles. The van der Waals surface area contributed by atoms with E-state index in [1.807, 2.05) is 68.1 Å². The van der Waals surface area contributed by atoms with Crippen LogP contribution in [0.1, 0.15) is 107 Å². The van der Waals surface area contributed by atoms with Crippen LogP contribution in [0.15, 0.2) is 83.9 Å². The molecule has 1 saturated heterocycles. The number of esters is 1. The zero-order valence-corrected chi connectivity index (χ0v) is 41.1. The van der Waals surface area contributed by atoms with Crippen LogP contribution >= 0.6 is 0 Å². The molecule has 4 aliphatic rings. The Balaban J connectivity index is 0.694. The van der Waals surface area contributed by atoms with Crippen LogP contribution in [0.5, 0.6) is 11.5 Å². The summed E-state index contributed by atoms with van der Waals surface area (Å²) in [5, 5.41) is 33.3. The predicted octanol–water partition coefficient (Wildman–Crippen LogP) is 8.01. The molecule has 3 N–H and O–H groups in total. The highest BCUT2D eigenvalue weighted by Crippen LogP contribution is 2.46. The predicted molar refractivity (Wildman–Crippen MR) is 269 cm³/mol. The number of alkyl carbamates (subject to hydrolysis) is 1. The van der Waals surface area contributed by atoms with Crippen molar-refractivity contribution in [3.05, 3.63) is 151 Å². The Labute approximate surface area is 420 Å². The van der Waals surface area contributed by atoms with Gasteiger partial charge in [0.1, 0.15) is 36.9 Å². The first-order chi connectivity index (χ1) is 35.2. The molecule has 7 aromatic rings. The van der Waals surface area contributed by atoms with E-state index < -0.39 is 18.1 Å². The Hall–Kier alpha value is -7.92. The number of hydrogen-bond acceptors (Lipinski definition) is 12. The van der Waals surface area contributed by atoms with Gasteiger partial charge in [0.2, 0.25) is 5.91 Å². The third kappa shape index (κ3) is 8.64. The Morgan fingerprint density at radius 2 is 1.66 bits per heavy atom. The fourth-order valence-electron chi connectivity index (χ4n) is 11.1. The number of hydrogen-bond donors (Lipinski definition) is 3. The van der Waals surface area contributed by atoms with Gasteiger partial charge in [0.25, 0.3) is 5.56 Å². The summed E-state index contributed by atoms with van der Waals surface area (Å²) in [5.41, 5.74) is 10.0. The Morgan fingerprint density at radius 3 is 2.40 bits per heavy atom. The summed E-state index contributed by atoms with van der Waals surface area (Å²) < 4.78 is 30.0. The third-order valence-electron chi connectivity index (χ3n) is 15.1. The van der Waals surface area contributed by atoms with Crippen molar-refractivity contribution in [3.63, 3.8) is 0 Å². The molecule has 0 saturated carbocycles. The molecule has 2 atom stereocenters. The topological polar surface area (TPSA) is 194 Å². The van der Waals surface area contributed by atoms with Crippen LogP contribution in [0.4, 0.5) is 9.18 Å². The molecule has 16 nitrogen and oxygen atoms in total. The number of benzene rings is 4. The lowest BCUT2D eigenvalue weighted by Crippen LogP contribution is -2.48. The highest BCUT2D eigenvalue weighted by atomic mass is 19.1. The van der Waals surface area contributed by atoms with Crippen LogP contribution in [0.2, 0.25) is 0 Å². The van der Waals surface area contributed by atoms with Crippen molar-refractivity contribution in [2.75, 3.05) is 26.2 Å². The molecule has 1 fully saturated rings. The molecule has 3 aliphatic heterocycles. The maximum Gasteiger partial charge on any atom is 0.407 e. The lowest BCUT2D eigenvalue weighted by atomic mass is 9.81. The second kappa shape index (κ2) is 18.9. The normalized spacial score (nSPS) is 17.1. The smallest absolute Gasteiger partial charge is 0.407 e. The minimum absolute atomic E-state index is 0.000614. The van der Waals surface area contributed by atoms with E-state index in [0.29, 0.717) is 82.9 Å². The van der Waals surface area contributed by atoms with Crippen LogP contribution in [0.3, 0.4) is 0 Å². The van der Waals surface area contributed by atoms with E-state index in [2.05, 4.69) is 32.5 Å². The van der Waals surface area contributed by atoms with Crippen molar-refractivity contribution in [1.29, 1.82) is 0 Å². The summed E-state index contributed by atoms with van der Waals surface area (Å²) in [5.74, 6) is -0.796. The summed E-state index contributed by atoms with van der Waals surface area (Å²) in [6, 6.07) is 21.4. The number of aromatic nitrogens is 5. The molecule has 11 rings (SSSR count). The number of aromatic hydroxyl groups is 2. The van der Waals surface area contributed by atoms with Gasteiger partial charge < -0.3 is 34.5 Å². The van der Waals surface area contributed by atoms with Crippen molar-refractivity contribution in [1.82, 2.24) is 39.4 Å². The van der Waals surface area contributed by atoms with E-state index in [1.54, 1.807) is 28.5 Å². The summed E-state index contributed by atoms with van der Waals surface area (Å²) >= 11 is 0. The Bertz CT molecular complexity index is 3430. The number of ether oxygens (including phenoxy) is 2. The highest BCUT2D eigenvalue weighted by Gasteiger charge is 2.38. The molecule has 2 unspecified atom stereocenters. The number of phenolic OH excluding ortho intramolecular Hbond substituents is 2. The van der Waals surface area contributed by atoms with Crippen LogP contribution in [-0.4, -0.2) is 88.5 Å². The first-order valence-corrected chi connectivity index (χ1v) is 24.9. The SMILES string of the molecule is CCC1C(=O)OCc2c1cc1n(c2=O)Cc2c-1nc1cc(F)c(C)c3c1c2C(NC(=O)OCc1ccc(CC(=O)N2CCN(Cc4ccc(-n5cnnc5-c5cc(C(C)C)c(O)cc5O)cc4)CC2)cc1)CC3. The van der Waals surface area contributed by atoms with E-state index in [-0.39, 0.29) is 66.8 Å². The number of nitrogens with one attached hydrogen (secondary N) is 1. The van der Waals surface area contributed by atoms with Gasteiger partial charge in [-0.25, -0.2) is 14.2 Å². The number of carbonyl (C=O) groups excluding carboxylic acids is 3. The molecule has 73 heavy (non-hydrogen) atoms. The molecule has 2 amide bonds. The number of nitrogens with zero attached hydrogens (tertiary/aromatic N) is 7. The zero-order chi connectivity index (χ0) is 50.8. The van der Waals surface area contributed by atoms with E-state index in [9.17, 15) is 29.4 Å².